The average Bonchev–Trinajstić information content (AvgIpc) is 2.97. The first-order valence-electron chi connectivity index (χ1n) is 13.6. The Bertz CT molecular complexity index is 1610. The molecule has 3 rings (SSSR count). The van der Waals surface area contributed by atoms with Crippen LogP contribution in [0.15, 0.2) is 66.7 Å². The van der Waals surface area contributed by atoms with Crippen molar-refractivity contribution in [3.8, 4) is 5.75 Å². The molecule has 0 aliphatic carbocycles. The van der Waals surface area contributed by atoms with E-state index in [1.54, 1.807) is 24.3 Å². The number of halogens is 2. The third kappa shape index (κ3) is 9.07. The predicted octanol–water partition coefficient (Wildman–Crippen LogP) is 5.23. The van der Waals surface area contributed by atoms with Crippen LogP contribution in [0.3, 0.4) is 0 Å². The number of nitrogens with one attached hydrogen (secondary N) is 1. The second-order valence-electron chi connectivity index (χ2n) is 10.2. The lowest BCUT2D eigenvalue weighted by atomic mass is 10.0. The van der Waals surface area contributed by atoms with Gasteiger partial charge < -0.3 is 15.0 Å². The normalized spacial score (nSPS) is 12.6. The highest BCUT2D eigenvalue weighted by Crippen LogP contribution is 2.34. The van der Waals surface area contributed by atoms with Crippen LogP contribution >= 0.6 is 23.2 Å². The fourth-order valence-electron chi connectivity index (χ4n) is 4.41. The highest BCUT2D eigenvalue weighted by atomic mass is 35.5. The molecule has 0 aliphatic heterocycles. The maximum atomic E-state index is 14.3. The van der Waals surface area contributed by atoms with Crippen LogP contribution in [0.2, 0.25) is 10.0 Å². The summed E-state index contributed by atoms with van der Waals surface area (Å²) < 4.78 is 32.2. The van der Waals surface area contributed by atoms with Gasteiger partial charge in [0.15, 0.2) is 0 Å². The Morgan fingerprint density at radius 3 is 2.32 bits per heavy atom. The summed E-state index contributed by atoms with van der Waals surface area (Å²) in [5.41, 5.74) is 0.627. The van der Waals surface area contributed by atoms with E-state index in [0.29, 0.717) is 17.0 Å². The van der Waals surface area contributed by atoms with Gasteiger partial charge in [-0.3, -0.25) is 24.0 Å². The summed E-state index contributed by atoms with van der Waals surface area (Å²) in [6, 6.07) is 15.9. The van der Waals surface area contributed by atoms with Gasteiger partial charge in [-0.05, 0) is 42.7 Å². The Hall–Kier alpha value is -3.87. The fourth-order valence-corrected chi connectivity index (χ4v) is 5.72. The molecule has 0 heterocycles. The molecule has 3 aromatic rings. The van der Waals surface area contributed by atoms with Gasteiger partial charge >= 0.3 is 0 Å². The number of nitro groups is 1. The van der Waals surface area contributed by atoms with E-state index >= 15 is 0 Å². The monoisotopic (exact) mass is 664 g/mol. The van der Waals surface area contributed by atoms with Crippen LogP contribution in [0.1, 0.15) is 31.4 Å². The minimum atomic E-state index is -4.20. The average molecular weight is 666 g/mol. The Morgan fingerprint density at radius 1 is 1.07 bits per heavy atom. The number of amides is 2. The van der Waals surface area contributed by atoms with Gasteiger partial charge in [-0.2, -0.15) is 0 Å². The summed E-state index contributed by atoms with van der Waals surface area (Å²) in [4.78, 5) is 40.1. The van der Waals surface area contributed by atoms with Crippen LogP contribution in [0.5, 0.6) is 5.75 Å². The van der Waals surface area contributed by atoms with Gasteiger partial charge in [0.2, 0.25) is 21.8 Å². The van der Waals surface area contributed by atoms with E-state index < -0.39 is 45.0 Å². The summed E-state index contributed by atoms with van der Waals surface area (Å²) in [5, 5.41) is 15.1. The molecule has 44 heavy (non-hydrogen) atoms. The lowest BCUT2D eigenvalue weighted by molar-refractivity contribution is -0.384. The molecule has 2 amide bonds. The number of ether oxygens (including phenoxy) is 1. The van der Waals surface area contributed by atoms with Gasteiger partial charge in [-0.1, -0.05) is 66.5 Å². The zero-order chi connectivity index (χ0) is 32.6. The van der Waals surface area contributed by atoms with Crippen molar-refractivity contribution in [1.29, 1.82) is 0 Å². The van der Waals surface area contributed by atoms with Crippen molar-refractivity contribution in [2.45, 2.75) is 45.3 Å². The maximum absolute atomic E-state index is 14.3. The van der Waals surface area contributed by atoms with E-state index in [2.05, 4.69) is 5.32 Å². The molecule has 1 N–H and O–H groups in total. The molecule has 0 aliphatic rings. The largest absolute Gasteiger partial charge is 0.495 e. The molecule has 0 saturated carbocycles. The van der Waals surface area contributed by atoms with E-state index in [1.807, 2.05) is 32.0 Å². The summed E-state index contributed by atoms with van der Waals surface area (Å²) in [7, 11) is -2.92. The Kier molecular flexibility index (Phi) is 12.0. The van der Waals surface area contributed by atoms with Crippen molar-refractivity contribution < 1.29 is 27.7 Å². The summed E-state index contributed by atoms with van der Waals surface area (Å²) in [5.74, 6) is -1.20. The van der Waals surface area contributed by atoms with Crippen molar-refractivity contribution in [1.82, 2.24) is 10.2 Å². The van der Waals surface area contributed by atoms with E-state index in [1.165, 1.54) is 24.1 Å². The molecule has 0 spiro atoms. The van der Waals surface area contributed by atoms with Crippen LogP contribution in [-0.4, -0.2) is 62.0 Å². The summed E-state index contributed by atoms with van der Waals surface area (Å²) in [6.45, 7) is 2.79. The van der Waals surface area contributed by atoms with Crippen LogP contribution in [0, 0.1) is 10.1 Å². The highest BCUT2D eigenvalue weighted by molar-refractivity contribution is 7.92. The number of non-ortho nitro benzene ring substituents is 1. The molecule has 11 nitrogen and oxygen atoms in total. The van der Waals surface area contributed by atoms with Crippen molar-refractivity contribution in [2.75, 3.05) is 24.2 Å². The van der Waals surface area contributed by atoms with Crippen LogP contribution < -0.4 is 14.4 Å². The molecular weight excluding hydrogens is 631 g/mol. The summed E-state index contributed by atoms with van der Waals surface area (Å²) >= 11 is 12.6. The first-order valence-corrected chi connectivity index (χ1v) is 16.2. The van der Waals surface area contributed by atoms with Gasteiger partial charge in [-0.25, -0.2) is 8.42 Å². The first kappa shape index (κ1) is 34.6. The Balaban J connectivity index is 2.16. The maximum Gasteiger partial charge on any atom is 0.271 e. The van der Waals surface area contributed by atoms with Crippen molar-refractivity contribution in [3.05, 3.63) is 98.0 Å². The zero-order valence-corrected chi connectivity index (χ0v) is 27.0. The minimum Gasteiger partial charge on any atom is -0.495 e. The van der Waals surface area contributed by atoms with Gasteiger partial charge in [0.05, 0.1) is 18.3 Å². The molecule has 236 valence electrons. The molecule has 2 atom stereocenters. The van der Waals surface area contributed by atoms with E-state index in [0.717, 1.165) is 28.3 Å². The second-order valence-corrected chi connectivity index (χ2v) is 12.9. The number of hydrogen-bond donors (Lipinski definition) is 1. The number of sulfonamides is 1. The topological polar surface area (TPSA) is 139 Å². The number of carbonyl (C=O) groups is 2. The van der Waals surface area contributed by atoms with Crippen molar-refractivity contribution in [2.24, 2.45) is 0 Å². The van der Waals surface area contributed by atoms with Gasteiger partial charge in [0.25, 0.3) is 5.69 Å². The van der Waals surface area contributed by atoms with Gasteiger partial charge in [0.1, 0.15) is 24.0 Å². The number of anilines is 1. The molecule has 14 heteroatoms. The number of benzene rings is 3. The number of nitrogens with zero attached hydrogens (tertiary/aromatic N) is 3. The first-order chi connectivity index (χ1) is 20.7. The Labute approximate surface area is 266 Å². The van der Waals surface area contributed by atoms with Gasteiger partial charge in [-0.15, -0.1) is 0 Å². The SMILES string of the molecule is CCC(C)NC(=O)C(Cc1ccccc1)N(Cc1ccc(Cl)cc1Cl)C(=O)CN(c1cc([N+](=O)[O-])ccc1OC)S(C)(=O)=O. The molecular formula is C30H34Cl2N4O7S. The zero-order valence-electron chi connectivity index (χ0n) is 24.7. The highest BCUT2D eigenvalue weighted by Gasteiger charge is 2.35. The number of carbonyl (C=O) groups excluding carboxylic acids is 2. The smallest absolute Gasteiger partial charge is 0.271 e. The number of rotatable bonds is 14. The fraction of sp³-hybridized carbons (Fsp3) is 0.333. The molecule has 0 aromatic heterocycles. The lowest BCUT2D eigenvalue weighted by Crippen LogP contribution is -2.54. The third-order valence-corrected chi connectivity index (χ3v) is 8.66. The second kappa shape index (κ2) is 15.2. The predicted molar refractivity (Wildman–Crippen MR) is 171 cm³/mol. The number of nitro benzene ring substituents is 1. The van der Waals surface area contributed by atoms with Crippen LogP contribution in [-0.2, 0) is 32.6 Å². The molecule has 0 fully saturated rings. The quantitative estimate of drug-likeness (QED) is 0.184. The molecule has 2 unspecified atom stereocenters. The number of methoxy groups -OCH3 is 1. The van der Waals surface area contributed by atoms with Crippen LogP contribution in [0.25, 0.3) is 0 Å². The molecule has 0 radical (unpaired) electrons. The Morgan fingerprint density at radius 2 is 1.75 bits per heavy atom. The minimum absolute atomic E-state index is 0.00327. The van der Waals surface area contributed by atoms with E-state index in [9.17, 15) is 28.1 Å². The molecule has 0 saturated heterocycles. The van der Waals surface area contributed by atoms with E-state index in [4.69, 9.17) is 27.9 Å². The summed E-state index contributed by atoms with van der Waals surface area (Å²) in [6.07, 6.45) is 1.62. The van der Waals surface area contributed by atoms with E-state index in [-0.39, 0.29) is 35.5 Å². The van der Waals surface area contributed by atoms with Gasteiger partial charge in [0, 0.05) is 41.2 Å². The standard InChI is InChI=1S/C30H34Cl2N4O7S/c1-5-20(2)33-30(38)27(15-21-9-7-6-8-10-21)34(18-22-11-12-23(31)16-25(22)32)29(37)19-35(44(4,41)42)26-17-24(36(39)40)13-14-28(26)43-3/h6-14,16-17,20,27H,5,15,18-19H2,1-4H3,(H,33,38). The van der Waals surface area contributed by atoms with Crippen molar-refractivity contribution >= 4 is 56.4 Å². The molecule has 3 aromatic carbocycles. The third-order valence-electron chi connectivity index (χ3n) is 6.95. The van der Waals surface area contributed by atoms with Crippen LogP contribution in [0.4, 0.5) is 11.4 Å². The molecule has 0 bridgehead atoms. The number of hydrogen-bond acceptors (Lipinski definition) is 7. The van der Waals surface area contributed by atoms with Crippen molar-refractivity contribution in [3.63, 3.8) is 0 Å². The lowest BCUT2D eigenvalue weighted by Gasteiger charge is -2.34.